The molecule has 0 aliphatic carbocycles. The summed E-state index contributed by atoms with van der Waals surface area (Å²) in [5.74, 6) is 0.821. The summed E-state index contributed by atoms with van der Waals surface area (Å²) in [7, 11) is 0. The number of para-hydroxylation sites is 1. The smallest absolute Gasteiger partial charge is 0.260 e. The Morgan fingerprint density at radius 2 is 1.54 bits per heavy atom. The van der Waals surface area contributed by atoms with Crippen LogP contribution < -0.4 is 4.74 Å². The van der Waals surface area contributed by atoms with E-state index in [-0.39, 0.29) is 12.5 Å². The molecule has 132 valence electrons. The highest BCUT2D eigenvalue weighted by molar-refractivity contribution is 5.77. The largest absolute Gasteiger partial charge is 0.484 e. The van der Waals surface area contributed by atoms with Gasteiger partial charge in [-0.25, -0.2) is 0 Å². The van der Waals surface area contributed by atoms with Crippen LogP contribution in [0, 0.1) is 0 Å². The van der Waals surface area contributed by atoms with E-state index in [4.69, 9.17) is 9.47 Å². The van der Waals surface area contributed by atoms with Crippen molar-refractivity contribution >= 4 is 5.91 Å². The number of morpholine rings is 1. The molecule has 0 saturated carbocycles. The molecule has 2 heterocycles. The van der Waals surface area contributed by atoms with Crippen molar-refractivity contribution in [3.05, 3.63) is 30.3 Å². The third-order valence-electron chi connectivity index (χ3n) is 4.67. The predicted molar refractivity (Wildman–Crippen MR) is 92.2 cm³/mol. The summed E-state index contributed by atoms with van der Waals surface area (Å²) < 4.78 is 10.9. The summed E-state index contributed by atoms with van der Waals surface area (Å²) in [6.45, 7) is 9.54. The van der Waals surface area contributed by atoms with Crippen molar-refractivity contribution in [3.63, 3.8) is 0 Å². The Labute approximate surface area is 143 Å². The van der Waals surface area contributed by atoms with Gasteiger partial charge in [-0.15, -0.1) is 0 Å². The molecule has 0 unspecified atom stereocenters. The van der Waals surface area contributed by atoms with Crippen LogP contribution in [0.15, 0.2) is 30.3 Å². The maximum Gasteiger partial charge on any atom is 0.260 e. The molecule has 2 saturated heterocycles. The third kappa shape index (κ3) is 5.19. The van der Waals surface area contributed by atoms with E-state index in [1.54, 1.807) is 0 Å². The molecule has 0 N–H and O–H groups in total. The molecule has 0 radical (unpaired) electrons. The van der Waals surface area contributed by atoms with Gasteiger partial charge in [-0.05, 0) is 12.1 Å². The summed E-state index contributed by atoms with van der Waals surface area (Å²) in [5, 5.41) is 0. The van der Waals surface area contributed by atoms with Crippen molar-refractivity contribution in [2.75, 3.05) is 72.2 Å². The number of carbonyl (C=O) groups excluding carboxylic acids is 1. The molecule has 2 aliphatic rings. The molecule has 2 aliphatic heterocycles. The minimum atomic E-state index is 0.0756. The molecule has 0 aromatic heterocycles. The first-order chi connectivity index (χ1) is 11.8. The second-order valence-electron chi connectivity index (χ2n) is 6.28. The van der Waals surface area contributed by atoms with E-state index in [2.05, 4.69) is 9.80 Å². The van der Waals surface area contributed by atoms with E-state index in [0.29, 0.717) is 0 Å². The SMILES string of the molecule is O=C(COc1ccccc1)N1CCN(CCN2CCOCC2)CC1. The average Bonchev–Trinajstić information content (AvgIpc) is 2.66. The van der Waals surface area contributed by atoms with Gasteiger partial charge in [0.25, 0.3) is 5.91 Å². The number of piperazine rings is 1. The number of hydrogen-bond acceptors (Lipinski definition) is 5. The van der Waals surface area contributed by atoms with Gasteiger partial charge in [0.1, 0.15) is 5.75 Å². The third-order valence-corrected chi connectivity index (χ3v) is 4.67. The molecule has 6 nitrogen and oxygen atoms in total. The van der Waals surface area contributed by atoms with Gasteiger partial charge in [-0.3, -0.25) is 14.6 Å². The fourth-order valence-corrected chi connectivity index (χ4v) is 3.08. The lowest BCUT2D eigenvalue weighted by atomic mass is 10.3. The molecule has 3 rings (SSSR count). The summed E-state index contributed by atoms with van der Waals surface area (Å²) in [4.78, 5) is 19.0. The Morgan fingerprint density at radius 3 is 2.21 bits per heavy atom. The lowest BCUT2D eigenvalue weighted by molar-refractivity contribution is -0.135. The van der Waals surface area contributed by atoms with Crippen LogP contribution in [0.25, 0.3) is 0 Å². The Balaban J connectivity index is 1.33. The Bertz CT molecular complexity index is 497. The van der Waals surface area contributed by atoms with Crippen LogP contribution >= 0.6 is 0 Å². The van der Waals surface area contributed by atoms with Gasteiger partial charge < -0.3 is 14.4 Å². The Morgan fingerprint density at radius 1 is 0.917 bits per heavy atom. The summed E-state index contributed by atoms with van der Waals surface area (Å²) in [6, 6.07) is 9.50. The van der Waals surface area contributed by atoms with Crippen molar-refractivity contribution in [2.24, 2.45) is 0 Å². The van der Waals surface area contributed by atoms with Gasteiger partial charge in [-0.2, -0.15) is 0 Å². The highest BCUT2D eigenvalue weighted by atomic mass is 16.5. The predicted octanol–water partition coefficient (Wildman–Crippen LogP) is 0.542. The van der Waals surface area contributed by atoms with Gasteiger partial charge in [0.15, 0.2) is 6.61 Å². The molecule has 1 aromatic rings. The first kappa shape index (κ1) is 17.2. The first-order valence-corrected chi connectivity index (χ1v) is 8.79. The zero-order valence-corrected chi connectivity index (χ0v) is 14.2. The van der Waals surface area contributed by atoms with Gasteiger partial charge in [0.05, 0.1) is 13.2 Å². The highest BCUT2D eigenvalue weighted by Crippen LogP contribution is 2.09. The molecule has 1 aromatic carbocycles. The number of nitrogens with zero attached hydrogens (tertiary/aromatic N) is 3. The maximum absolute atomic E-state index is 12.2. The number of amides is 1. The maximum atomic E-state index is 12.2. The zero-order chi connectivity index (χ0) is 16.6. The molecule has 2 fully saturated rings. The number of benzene rings is 1. The van der Waals surface area contributed by atoms with Crippen molar-refractivity contribution in [1.29, 1.82) is 0 Å². The lowest BCUT2D eigenvalue weighted by Crippen LogP contribution is -2.51. The molecule has 1 amide bonds. The van der Waals surface area contributed by atoms with E-state index < -0.39 is 0 Å². The summed E-state index contributed by atoms with van der Waals surface area (Å²) in [6.07, 6.45) is 0. The molecular formula is C18H27N3O3. The fraction of sp³-hybridized carbons (Fsp3) is 0.611. The van der Waals surface area contributed by atoms with Crippen LogP contribution in [-0.2, 0) is 9.53 Å². The molecular weight excluding hydrogens is 306 g/mol. The minimum absolute atomic E-state index is 0.0756. The average molecular weight is 333 g/mol. The molecule has 0 atom stereocenters. The summed E-state index contributed by atoms with van der Waals surface area (Å²) in [5.41, 5.74) is 0. The minimum Gasteiger partial charge on any atom is -0.484 e. The van der Waals surface area contributed by atoms with Crippen LogP contribution in [0.3, 0.4) is 0 Å². The Hall–Kier alpha value is -1.63. The number of ether oxygens (including phenoxy) is 2. The summed E-state index contributed by atoms with van der Waals surface area (Å²) >= 11 is 0. The second-order valence-corrected chi connectivity index (χ2v) is 6.28. The lowest BCUT2D eigenvalue weighted by Gasteiger charge is -2.36. The van der Waals surface area contributed by atoms with Crippen LogP contribution in [0.2, 0.25) is 0 Å². The quantitative estimate of drug-likeness (QED) is 0.760. The van der Waals surface area contributed by atoms with E-state index in [9.17, 15) is 4.79 Å². The normalized spacial score (nSPS) is 20.1. The van der Waals surface area contributed by atoms with Crippen molar-refractivity contribution < 1.29 is 14.3 Å². The topological polar surface area (TPSA) is 45.2 Å². The van der Waals surface area contributed by atoms with Crippen LogP contribution in [0.5, 0.6) is 5.75 Å². The standard InChI is InChI=1S/C18H27N3O3/c22-18(16-24-17-4-2-1-3-5-17)21-10-8-19(9-11-21)6-7-20-12-14-23-15-13-20/h1-5H,6-16H2. The molecule has 0 spiro atoms. The number of hydrogen-bond donors (Lipinski definition) is 0. The zero-order valence-electron chi connectivity index (χ0n) is 14.2. The van der Waals surface area contributed by atoms with E-state index >= 15 is 0 Å². The van der Waals surface area contributed by atoms with Crippen molar-refractivity contribution in [3.8, 4) is 5.75 Å². The number of rotatable bonds is 6. The second kappa shape index (κ2) is 9.01. The van der Waals surface area contributed by atoms with Gasteiger partial charge in [0.2, 0.25) is 0 Å². The van der Waals surface area contributed by atoms with E-state index in [0.717, 1.165) is 71.3 Å². The van der Waals surface area contributed by atoms with E-state index in [1.165, 1.54) is 0 Å². The van der Waals surface area contributed by atoms with Crippen LogP contribution in [-0.4, -0.2) is 92.8 Å². The molecule has 24 heavy (non-hydrogen) atoms. The van der Waals surface area contributed by atoms with Gasteiger partial charge in [0, 0.05) is 52.4 Å². The molecule has 0 bridgehead atoms. The van der Waals surface area contributed by atoms with Gasteiger partial charge in [-0.1, -0.05) is 18.2 Å². The number of carbonyl (C=O) groups is 1. The monoisotopic (exact) mass is 333 g/mol. The van der Waals surface area contributed by atoms with Crippen molar-refractivity contribution in [2.45, 2.75) is 0 Å². The first-order valence-electron chi connectivity index (χ1n) is 8.79. The van der Waals surface area contributed by atoms with Gasteiger partial charge >= 0.3 is 0 Å². The van der Waals surface area contributed by atoms with Crippen molar-refractivity contribution in [1.82, 2.24) is 14.7 Å². The molecule has 6 heteroatoms. The fourth-order valence-electron chi connectivity index (χ4n) is 3.08. The Kier molecular flexibility index (Phi) is 6.46. The van der Waals surface area contributed by atoms with Crippen LogP contribution in [0.1, 0.15) is 0 Å². The van der Waals surface area contributed by atoms with Crippen LogP contribution in [0.4, 0.5) is 0 Å². The van der Waals surface area contributed by atoms with E-state index in [1.807, 2.05) is 35.2 Å². The highest BCUT2D eigenvalue weighted by Gasteiger charge is 2.22.